The van der Waals surface area contributed by atoms with Gasteiger partial charge < -0.3 is 10.6 Å². The maximum atomic E-state index is 8.92. The quantitative estimate of drug-likeness (QED) is 0.866. The number of piperidine rings is 1. The third-order valence-electron chi connectivity index (χ3n) is 2.64. The van der Waals surface area contributed by atoms with Crippen LogP contribution >= 0.6 is 24.8 Å². The average Bonchev–Trinajstić information content (AvgIpc) is 2.31. The van der Waals surface area contributed by atoms with Crippen LogP contribution in [0.4, 0.5) is 5.69 Å². The van der Waals surface area contributed by atoms with Crippen molar-refractivity contribution in [3.8, 4) is 6.07 Å². The molecule has 4 nitrogen and oxygen atoms in total. The molecule has 0 unspecified atom stereocenters. The highest BCUT2D eigenvalue weighted by Crippen LogP contribution is 2.16. The SMILES string of the molecule is Cl.Cl.N#Cc1ccncc1NC1CCNCC1. The third kappa shape index (κ3) is 4.39. The van der Waals surface area contributed by atoms with Gasteiger partial charge in [-0.25, -0.2) is 0 Å². The predicted molar refractivity (Wildman–Crippen MR) is 73.0 cm³/mol. The van der Waals surface area contributed by atoms with E-state index in [-0.39, 0.29) is 24.8 Å². The summed E-state index contributed by atoms with van der Waals surface area (Å²) in [6.07, 6.45) is 5.56. The molecule has 0 atom stereocenters. The molecule has 0 bridgehead atoms. The standard InChI is InChI=1S/C11H14N4.2ClH/c12-7-9-1-4-14-8-11(9)15-10-2-5-13-6-3-10;;/h1,4,8,10,13,15H,2-3,5-6H2;2*1H. The Labute approximate surface area is 114 Å². The number of halogens is 2. The van der Waals surface area contributed by atoms with Crippen LogP contribution in [0.3, 0.4) is 0 Å². The fourth-order valence-electron chi connectivity index (χ4n) is 1.79. The topological polar surface area (TPSA) is 60.7 Å². The van der Waals surface area contributed by atoms with Crippen molar-refractivity contribution in [1.82, 2.24) is 10.3 Å². The minimum atomic E-state index is 0. The number of hydrogen-bond acceptors (Lipinski definition) is 4. The molecule has 0 radical (unpaired) electrons. The van der Waals surface area contributed by atoms with Crippen molar-refractivity contribution in [3.63, 3.8) is 0 Å². The lowest BCUT2D eigenvalue weighted by molar-refractivity contribution is 0.479. The van der Waals surface area contributed by atoms with Gasteiger partial charge in [-0.1, -0.05) is 0 Å². The van der Waals surface area contributed by atoms with Crippen molar-refractivity contribution in [2.75, 3.05) is 18.4 Å². The van der Waals surface area contributed by atoms with Gasteiger partial charge in [-0.2, -0.15) is 5.26 Å². The normalized spacial score (nSPS) is 15.0. The molecule has 1 aromatic heterocycles. The molecule has 0 aromatic carbocycles. The van der Waals surface area contributed by atoms with Crippen LogP contribution in [0.15, 0.2) is 18.5 Å². The van der Waals surface area contributed by atoms with Gasteiger partial charge in [0.15, 0.2) is 0 Å². The molecule has 94 valence electrons. The van der Waals surface area contributed by atoms with E-state index in [1.807, 2.05) is 0 Å². The summed E-state index contributed by atoms with van der Waals surface area (Å²) in [6, 6.07) is 4.37. The molecule has 2 rings (SSSR count). The molecule has 2 N–H and O–H groups in total. The fraction of sp³-hybridized carbons (Fsp3) is 0.455. The van der Waals surface area contributed by atoms with Gasteiger partial charge in [0.1, 0.15) is 6.07 Å². The summed E-state index contributed by atoms with van der Waals surface area (Å²) in [7, 11) is 0. The van der Waals surface area contributed by atoms with Crippen molar-refractivity contribution in [3.05, 3.63) is 24.0 Å². The molecule has 6 heteroatoms. The average molecular weight is 275 g/mol. The molecule has 1 aliphatic heterocycles. The Morgan fingerprint density at radius 2 is 2.06 bits per heavy atom. The molecular formula is C11H16Cl2N4. The molecule has 1 aliphatic rings. The zero-order chi connectivity index (χ0) is 10.5. The molecule has 0 spiro atoms. The Morgan fingerprint density at radius 3 is 2.71 bits per heavy atom. The van der Waals surface area contributed by atoms with Gasteiger partial charge >= 0.3 is 0 Å². The van der Waals surface area contributed by atoms with E-state index in [4.69, 9.17) is 5.26 Å². The molecule has 17 heavy (non-hydrogen) atoms. The van der Waals surface area contributed by atoms with Gasteiger partial charge in [-0.15, -0.1) is 24.8 Å². The van der Waals surface area contributed by atoms with Gasteiger partial charge in [0.25, 0.3) is 0 Å². The lowest BCUT2D eigenvalue weighted by Gasteiger charge is -2.24. The number of nitriles is 1. The summed E-state index contributed by atoms with van der Waals surface area (Å²) < 4.78 is 0. The van der Waals surface area contributed by atoms with Crippen molar-refractivity contribution in [1.29, 1.82) is 5.26 Å². The zero-order valence-corrected chi connectivity index (χ0v) is 11.0. The van der Waals surface area contributed by atoms with Crippen LogP contribution in [0.5, 0.6) is 0 Å². The fourth-order valence-corrected chi connectivity index (χ4v) is 1.79. The molecular weight excluding hydrogens is 259 g/mol. The van der Waals surface area contributed by atoms with Crippen molar-refractivity contribution in [2.45, 2.75) is 18.9 Å². The van der Waals surface area contributed by atoms with Crippen molar-refractivity contribution >= 4 is 30.5 Å². The highest BCUT2D eigenvalue weighted by Gasteiger charge is 2.13. The Kier molecular flexibility index (Phi) is 7.64. The second-order valence-corrected chi connectivity index (χ2v) is 3.70. The van der Waals surface area contributed by atoms with Crippen LogP contribution in [0.1, 0.15) is 18.4 Å². The lowest BCUT2D eigenvalue weighted by Crippen LogP contribution is -2.35. The van der Waals surface area contributed by atoms with E-state index in [0.29, 0.717) is 11.6 Å². The van der Waals surface area contributed by atoms with Gasteiger partial charge in [-0.3, -0.25) is 4.98 Å². The van der Waals surface area contributed by atoms with Crippen LogP contribution in [-0.2, 0) is 0 Å². The van der Waals surface area contributed by atoms with E-state index in [1.54, 1.807) is 18.5 Å². The number of anilines is 1. The monoisotopic (exact) mass is 274 g/mol. The smallest absolute Gasteiger partial charge is 0.101 e. The predicted octanol–water partition coefficient (Wildman–Crippen LogP) is 1.96. The van der Waals surface area contributed by atoms with E-state index in [0.717, 1.165) is 31.6 Å². The van der Waals surface area contributed by atoms with Crippen molar-refractivity contribution < 1.29 is 0 Å². The first-order valence-corrected chi connectivity index (χ1v) is 5.21. The van der Waals surface area contributed by atoms with E-state index in [2.05, 4.69) is 21.7 Å². The number of pyridine rings is 1. The Morgan fingerprint density at radius 1 is 1.35 bits per heavy atom. The third-order valence-corrected chi connectivity index (χ3v) is 2.64. The lowest BCUT2D eigenvalue weighted by atomic mass is 10.1. The number of hydrogen-bond donors (Lipinski definition) is 2. The van der Waals surface area contributed by atoms with Crippen LogP contribution in [-0.4, -0.2) is 24.1 Å². The largest absolute Gasteiger partial charge is 0.380 e. The zero-order valence-electron chi connectivity index (χ0n) is 9.35. The number of aromatic nitrogens is 1. The summed E-state index contributed by atoms with van der Waals surface area (Å²) in [6.45, 7) is 2.08. The number of nitrogens with one attached hydrogen (secondary N) is 2. The second kappa shape index (κ2) is 8.13. The van der Waals surface area contributed by atoms with Gasteiger partial charge in [0.05, 0.1) is 17.4 Å². The molecule has 1 saturated heterocycles. The molecule has 0 amide bonds. The maximum absolute atomic E-state index is 8.92. The minimum absolute atomic E-state index is 0. The Hall–Kier alpha value is -1.02. The summed E-state index contributed by atoms with van der Waals surface area (Å²) in [5, 5.41) is 15.6. The van der Waals surface area contributed by atoms with E-state index in [1.165, 1.54) is 0 Å². The molecule has 1 aromatic rings. The van der Waals surface area contributed by atoms with Gasteiger partial charge in [0, 0.05) is 12.2 Å². The van der Waals surface area contributed by atoms with E-state index in [9.17, 15) is 0 Å². The summed E-state index contributed by atoms with van der Waals surface area (Å²) in [5.41, 5.74) is 1.52. The molecule has 0 saturated carbocycles. The highest BCUT2D eigenvalue weighted by molar-refractivity contribution is 5.85. The number of nitrogens with zero attached hydrogens (tertiary/aromatic N) is 2. The summed E-state index contributed by atoms with van der Waals surface area (Å²) in [5.74, 6) is 0. The van der Waals surface area contributed by atoms with Crippen LogP contribution in [0.2, 0.25) is 0 Å². The Balaban J connectivity index is 0.00000128. The second-order valence-electron chi connectivity index (χ2n) is 3.70. The summed E-state index contributed by atoms with van der Waals surface area (Å²) in [4.78, 5) is 4.03. The first-order valence-electron chi connectivity index (χ1n) is 5.21. The first-order chi connectivity index (χ1) is 7.40. The van der Waals surface area contributed by atoms with Crippen LogP contribution in [0, 0.1) is 11.3 Å². The molecule has 2 heterocycles. The molecule has 0 aliphatic carbocycles. The van der Waals surface area contributed by atoms with Crippen LogP contribution < -0.4 is 10.6 Å². The molecule has 1 fully saturated rings. The van der Waals surface area contributed by atoms with E-state index >= 15 is 0 Å². The van der Waals surface area contributed by atoms with Crippen LogP contribution in [0.25, 0.3) is 0 Å². The van der Waals surface area contributed by atoms with Crippen molar-refractivity contribution in [2.24, 2.45) is 0 Å². The number of rotatable bonds is 2. The van der Waals surface area contributed by atoms with E-state index < -0.39 is 0 Å². The first kappa shape index (κ1) is 16.0. The van der Waals surface area contributed by atoms with Gasteiger partial charge in [-0.05, 0) is 32.0 Å². The minimum Gasteiger partial charge on any atom is -0.380 e. The summed E-state index contributed by atoms with van der Waals surface area (Å²) >= 11 is 0. The van der Waals surface area contributed by atoms with Gasteiger partial charge in [0.2, 0.25) is 0 Å². The highest BCUT2D eigenvalue weighted by atomic mass is 35.5. The maximum Gasteiger partial charge on any atom is 0.101 e. The Bertz CT molecular complexity index is 372.